The highest BCUT2D eigenvalue weighted by atomic mass is 32.2. The van der Waals surface area contributed by atoms with Gasteiger partial charge in [-0.1, -0.05) is 37.3 Å². The summed E-state index contributed by atoms with van der Waals surface area (Å²) in [5, 5.41) is 0. The molecule has 1 aliphatic rings. The number of hydrogen-bond donors (Lipinski definition) is 0. The Morgan fingerprint density at radius 3 is 2.37 bits per heavy atom. The Morgan fingerprint density at radius 2 is 1.78 bits per heavy atom. The quantitative estimate of drug-likeness (QED) is 0.790. The first-order valence-electron chi connectivity index (χ1n) is 9.25. The monoisotopic (exact) mass is 386 g/mol. The van der Waals surface area contributed by atoms with Crippen LogP contribution in [0, 0.1) is 5.92 Å². The third kappa shape index (κ3) is 4.89. The first-order valence-corrected chi connectivity index (χ1v) is 11.1. The van der Waals surface area contributed by atoms with Gasteiger partial charge in [0.1, 0.15) is 0 Å². The lowest BCUT2D eigenvalue weighted by atomic mass is 9.99. The van der Waals surface area contributed by atoms with Crippen LogP contribution in [0.5, 0.6) is 0 Å². The Bertz CT molecular complexity index is 879. The Kier molecular flexibility index (Phi) is 5.85. The van der Waals surface area contributed by atoms with Crippen molar-refractivity contribution in [2.45, 2.75) is 26.3 Å². The molecule has 6 heteroatoms. The van der Waals surface area contributed by atoms with E-state index >= 15 is 0 Å². The van der Waals surface area contributed by atoms with Gasteiger partial charge in [0.25, 0.3) is 5.91 Å². The lowest BCUT2D eigenvalue weighted by Crippen LogP contribution is -2.39. The van der Waals surface area contributed by atoms with Crippen LogP contribution in [0.1, 0.15) is 35.7 Å². The van der Waals surface area contributed by atoms with Gasteiger partial charge in [0.2, 0.25) is 10.0 Å². The number of anilines is 1. The zero-order chi connectivity index (χ0) is 19.4. The number of amides is 1. The molecule has 2 aromatic rings. The van der Waals surface area contributed by atoms with Crippen LogP contribution >= 0.6 is 0 Å². The maximum atomic E-state index is 12.7. The topological polar surface area (TPSA) is 57.7 Å². The second-order valence-electron chi connectivity index (χ2n) is 7.30. The van der Waals surface area contributed by atoms with Crippen molar-refractivity contribution in [2.24, 2.45) is 5.92 Å². The van der Waals surface area contributed by atoms with Crippen LogP contribution in [0.25, 0.3) is 0 Å². The van der Waals surface area contributed by atoms with Crippen LogP contribution in [0.15, 0.2) is 54.6 Å². The summed E-state index contributed by atoms with van der Waals surface area (Å²) in [7, 11) is -3.44. The summed E-state index contributed by atoms with van der Waals surface area (Å²) >= 11 is 0. The van der Waals surface area contributed by atoms with E-state index < -0.39 is 10.0 Å². The second-order valence-corrected chi connectivity index (χ2v) is 9.21. The molecular weight excluding hydrogens is 360 g/mol. The standard InChI is InChI=1S/C21H26N2O3S/c1-17-7-6-14-22(15-17)21(24)19-10-12-20(13-11-19)23(27(2,25)26)16-18-8-4-3-5-9-18/h3-5,8-13,17H,6-7,14-16H2,1-2H3. The van der Waals surface area contributed by atoms with Crippen LogP contribution in [-0.2, 0) is 16.6 Å². The summed E-state index contributed by atoms with van der Waals surface area (Å²) < 4.78 is 25.9. The summed E-state index contributed by atoms with van der Waals surface area (Å²) in [4.78, 5) is 14.6. The maximum Gasteiger partial charge on any atom is 0.253 e. The third-order valence-electron chi connectivity index (χ3n) is 4.92. The van der Waals surface area contributed by atoms with Gasteiger partial charge in [0.05, 0.1) is 18.5 Å². The SMILES string of the molecule is CC1CCCN(C(=O)c2ccc(N(Cc3ccccc3)S(C)(=O)=O)cc2)C1. The first-order chi connectivity index (χ1) is 12.8. The predicted octanol–water partition coefficient (Wildman–Crippen LogP) is 3.52. The fourth-order valence-corrected chi connectivity index (χ4v) is 4.36. The fourth-order valence-electron chi connectivity index (χ4n) is 3.48. The summed E-state index contributed by atoms with van der Waals surface area (Å²) in [5.74, 6) is 0.538. The molecule has 0 radical (unpaired) electrons. The summed E-state index contributed by atoms with van der Waals surface area (Å²) in [6.45, 7) is 3.99. The number of piperidine rings is 1. The molecule has 1 atom stereocenters. The normalized spacial score (nSPS) is 17.6. The van der Waals surface area contributed by atoms with E-state index in [0.717, 1.165) is 31.5 Å². The molecule has 1 saturated heterocycles. The Balaban J connectivity index is 1.80. The Hall–Kier alpha value is -2.34. The number of benzene rings is 2. The van der Waals surface area contributed by atoms with Crippen molar-refractivity contribution in [2.75, 3.05) is 23.7 Å². The number of likely N-dealkylation sites (tertiary alicyclic amines) is 1. The second kappa shape index (κ2) is 8.13. The van der Waals surface area contributed by atoms with E-state index in [4.69, 9.17) is 0 Å². The molecule has 0 aliphatic carbocycles. The molecule has 1 aliphatic heterocycles. The third-order valence-corrected chi connectivity index (χ3v) is 6.06. The average Bonchev–Trinajstić information content (AvgIpc) is 2.66. The zero-order valence-corrected chi connectivity index (χ0v) is 16.7. The van der Waals surface area contributed by atoms with E-state index in [1.54, 1.807) is 24.3 Å². The molecule has 0 bridgehead atoms. The Labute approximate surface area is 161 Å². The van der Waals surface area contributed by atoms with Gasteiger partial charge < -0.3 is 4.90 Å². The van der Waals surface area contributed by atoms with Crippen molar-refractivity contribution in [3.8, 4) is 0 Å². The van der Waals surface area contributed by atoms with Crippen molar-refractivity contribution in [3.05, 3.63) is 65.7 Å². The van der Waals surface area contributed by atoms with Gasteiger partial charge in [-0.3, -0.25) is 9.10 Å². The highest BCUT2D eigenvalue weighted by Gasteiger charge is 2.23. The van der Waals surface area contributed by atoms with Gasteiger partial charge >= 0.3 is 0 Å². The minimum absolute atomic E-state index is 0.0158. The smallest absolute Gasteiger partial charge is 0.253 e. The molecule has 1 amide bonds. The molecule has 0 saturated carbocycles. The van der Waals surface area contributed by atoms with Gasteiger partial charge in [-0.15, -0.1) is 0 Å². The molecule has 0 N–H and O–H groups in total. The number of sulfonamides is 1. The number of nitrogens with zero attached hydrogens (tertiary/aromatic N) is 2. The fraction of sp³-hybridized carbons (Fsp3) is 0.381. The summed E-state index contributed by atoms with van der Waals surface area (Å²) in [5.41, 5.74) is 2.07. The molecule has 144 valence electrons. The Morgan fingerprint density at radius 1 is 1.11 bits per heavy atom. The highest BCUT2D eigenvalue weighted by molar-refractivity contribution is 7.92. The van der Waals surface area contributed by atoms with Gasteiger partial charge in [-0.2, -0.15) is 0 Å². The molecule has 0 aromatic heterocycles. The highest BCUT2D eigenvalue weighted by Crippen LogP contribution is 2.23. The molecule has 3 rings (SSSR count). The van der Waals surface area contributed by atoms with E-state index in [1.807, 2.05) is 35.2 Å². The van der Waals surface area contributed by atoms with E-state index in [2.05, 4.69) is 6.92 Å². The van der Waals surface area contributed by atoms with E-state index in [0.29, 0.717) is 17.2 Å². The molecule has 5 nitrogen and oxygen atoms in total. The minimum atomic E-state index is -3.44. The van der Waals surface area contributed by atoms with Gasteiger partial charge in [-0.05, 0) is 48.6 Å². The molecule has 1 unspecified atom stereocenters. The zero-order valence-electron chi connectivity index (χ0n) is 15.8. The maximum absolute atomic E-state index is 12.7. The average molecular weight is 387 g/mol. The van der Waals surface area contributed by atoms with Crippen molar-refractivity contribution >= 4 is 21.6 Å². The van der Waals surface area contributed by atoms with Gasteiger partial charge in [0.15, 0.2) is 0 Å². The van der Waals surface area contributed by atoms with E-state index in [9.17, 15) is 13.2 Å². The van der Waals surface area contributed by atoms with E-state index in [-0.39, 0.29) is 12.5 Å². The van der Waals surface area contributed by atoms with Gasteiger partial charge in [0, 0.05) is 18.7 Å². The molecular formula is C21H26N2O3S. The van der Waals surface area contributed by atoms with Crippen molar-refractivity contribution in [3.63, 3.8) is 0 Å². The predicted molar refractivity (Wildman–Crippen MR) is 108 cm³/mol. The molecule has 0 spiro atoms. The van der Waals surface area contributed by atoms with Crippen LogP contribution in [0.4, 0.5) is 5.69 Å². The molecule has 2 aromatic carbocycles. The number of carbonyl (C=O) groups is 1. The van der Waals surface area contributed by atoms with Crippen LogP contribution < -0.4 is 4.31 Å². The van der Waals surface area contributed by atoms with Crippen LogP contribution in [0.2, 0.25) is 0 Å². The van der Waals surface area contributed by atoms with Crippen LogP contribution in [0.3, 0.4) is 0 Å². The molecule has 1 fully saturated rings. The minimum Gasteiger partial charge on any atom is -0.338 e. The van der Waals surface area contributed by atoms with Crippen molar-refractivity contribution in [1.82, 2.24) is 4.90 Å². The van der Waals surface area contributed by atoms with Crippen LogP contribution in [-0.4, -0.2) is 38.6 Å². The lowest BCUT2D eigenvalue weighted by molar-refractivity contribution is 0.0683. The largest absolute Gasteiger partial charge is 0.338 e. The molecule has 1 heterocycles. The summed E-state index contributed by atoms with van der Waals surface area (Å²) in [6.07, 6.45) is 3.39. The van der Waals surface area contributed by atoms with Crippen molar-refractivity contribution < 1.29 is 13.2 Å². The summed E-state index contributed by atoms with van der Waals surface area (Å²) in [6, 6.07) is 16.3. The lowest BCUT2D eigenvalue weighted by Gasteiger charge is -2.31. The van der Waals surface area contributed by atoms with Gasteiger partial charge in [-0.25, -0.2) is 8.42 Å². The molecule has 27 heavy (non-hydrogen) atoms. The number of hydrogen-bond acceptors (Lipinski definition) is 3. The van der Waals surface area contributed by atoms with Crippen molar-refractivity contribution in [1.29, 1.82) is 0 Å². The number of carbonyl (C=O) groups excluding carboxylic acids is 1. The first kappa shape index (κ1) is 19.4. The van der Waals surface area contributed by atoms with E-state index in [1.165, 1.54) is 10.6 Å². The number of rotatable bonds is 5.